The van der Waals surface area contributed by atoms with Crippen LogP contribution in [0.25, 0.3) is 5.57 Å². The molecule has 1 aliphatic rings. The molecule has 2 rings (SSSR count). The molecule has 0 amide bonds. The van der Waals surface area contributed by atoms with Gasteiger partial charge in [-0.05, 0) is 24.1 Å². The van der Waals surface area contributed by atoms with E-state index in [9.17, 15) is 0 Å². The molecule has 3 N–H and O–H groups in total. The summed E-state index contributed by atoms with van der Waals surface area (Å²) in [5.74, 6) is 0. The van der Waals surface area contributed by atoms with Crippen LogP contribution in [-0.2, 0) is 0 Å². The summed E-state index contributed by atoms with van der Waals surface area (Å²) >= 11 is 0. The minimum absolute atomic E-state index is 0.125. The number of nitrogens with zero attached hydrogens (tertiary/aromatic N) is 1. The molecule has 0 spiro atoms. The molecule has 0 saturated heterocycles. The fourth-order valence-electron chi connectivity index (χ4n) is 1.61. The smallest absolute Gasteiger partial charge is 0.0373 e. The van der Waals surface area contributed by atoms with Gasteiger partial charge < -0.3 is 11.1 Å². The van der Waals surface area contributed by atoms with Crippen LogP contribution >= 0.6 is 0 Å². The van der Waals surface area contributed by atoms with Crippen molar-refractivity contribution in [3.63, 3.8) is 0 Å². The third kappa shape index (κ3) is 2.00. The molecule has 1 aromatic heterocycles. The van der Waals surface area contributed by atoms with Gasteiger partial charge in [-0.1, -0.05) is 12.1 Å². The van der Waals surface area contributed by atoms with Gasteiger partial charge in [0.1, 0.15) is 0 Å². The van der Waals surface area contributed by atoms with Gasteiger partial charge in [-0.15, -0.1) is 0 Å². The quantitative estimate of drug-likeness (QED) is 0.684. The molecule has 2 heterocycles. The molecule has 0 fully saturated rings. The molecule has 3 nitrogen and oxygen atoms in total. The second-order valence-electron chi connectivity index (χ2n) is 3.67. The van der Waals surface area contributed by atoms with Gasteiger partial charge in [-0.25, -0.2) is 0 Å². The molecule has 0 aliphatic carbocycles. The number of aromatic nitrogens is 1. The summed E-state index contributed by atoms with van der Waals surface area (Å²) < 4.78 is 0. The molecule has 0 bridgehead atoms. The second-order valence-corrected chi connectivity index (χ2v) is 3.67. The first kappa shape index (κ1) is 9.37. The Morgan fingerprint density at radius 2 is 2.36 bits per heavy atom. The van der Waals surface area contributed by atoms with Gasteiger partial charge in [0, 0.05) is 31.0 Å². The molecule has 3 heteroatoms. The number of pyridine rings is 1. The van der Waals surface area contributed by atoms with Gasteiger partial charge in [0.05, 0.1) is 0 Å². The van der Waals surface area contributed by atoms with Crippen LogP contribution in [0.15, 0.2) is 24.4 Å². The van der Waals surface area contributed by atoms with Crippen LogP contribution in [-0.4, -0.2) is 24.1 Å². The minimum atomic E-state index is 0.125. The minimum Gasteiger partial charge on any atom is -0.323 e. The average molecular weight is 189 g/mol. The summed E-state index contributed by atoms with van der Waals surface area (Å²) in [7, 11) is 0. The maximum atomic E-state index is 5.83. The lowest BCUT2D eigenvalue weighted by atomic mass is 10.0. The van der Waals surface area contributed by atoms with E-state index in [1.54, 1.807) is 0 Å². The summed E-state index contributed by atoms with van der Waals surface area (Å²) in [5, 5.41) is 3.28. The number of hydrogen-bond acceptors (Lipinski definition) is 3. The maximum Gasteiger partial charge on any atom is 0.0373 e. The van der Waals surface area contributed by atoms with E-state index < -0.39 is 0 Å². The molecule has 1 aromatic rings. The number of aryl methyl sites for hydroxylation is 1. The van der Waals surface area contributed by atoms with Gasteiger partial charge in [0.2, 0.25) is 0 Å². The molecule has 0 saturated carbocycles. The standard InChI is InChI=1S/C11H15N3/c1-8-2-3-9(6-14-8)10-4-11(12)7-13-5-10/h2-4,6,11,13H,5,7,12H2,1H3. The van der Waals surface area contributed by atoms with Crippen molar-refractivity contribution < 1.29 is 0 Å². The summed E-state index contributed by atoms with van der Waals surface area (Å²) in [6, 6.07) is 4.24. The van der Waals surface area contributed by atoms with Crippen molar-refractivity contribution in [1.29, 1.82) is 0 Å². The van der Waals surface area contributed by atoms with Crippen LogP contribution in [0, 0.1) is 6.92 Å². The topological polar surface area (TPSA) is 50.9 Å². The van der Waals surface area contributed by atoms with Crippen molar-refractivity contribution in [2.45, 2.75) is 13.0 Å². The Balaban J connectivity index is 2.26. The molecule has 0 aromatic carbocycles. The summed E-state index contributed by atoms with van der Waals surface area (Å²) in [6.45, 7) is 3.74. The van der Waals surface area contributed by atoms with Gasteiger partial charge >= 0.3 is 0 Å². The van der Waals surface area contributed by atoms with Gasteiger partial charge in [0.15, 0.2) is 0 Å². The van der Waals surface area contributed by atoms with E-state index in [2.05, 4.69) is 22.4 Å². The fourth-order valence-corrected chi connectivity index (χ4v) is 1.61. The predicted octanol–water partition coefficient (Wildman–Crippen LogP) is 0.704. The maximum absolute atomic E-state index is 5.83. The van der Waals surface area contributed by atoms with E-state index in [0.717, 1.165) is 18.8 Å². The number of nitrogens with one attached hydrogen (secondary N) is 1. The lowest BCUT2D eigenvalue weighted by Gasteiger charge is -2.19. The van der Waals surface area contributed by atoms with Crippen LogP contribution in [0.2, 0.25) is 0 Å². The van der Waals surface area contributed by atoms with Gasteiger partial charge in [0.25, 0.3) is 0 Å². The Morgan fingerprint density at radius 3 is 3.00 bits per heavy atom. The first-order chi connectivity index (χ1) is 6.75. The molecule has 1 unspecified atom stereocenters. The van der Waals surface area contributed by atoms with Crippen LogP contribution in [0.5, 0.6) is 0 Å². The first-order valence-electron chi connectivity index (χ1n) is 4.86. The van der Waals surface area contributed by atoms with Gasteiger partial charge in [-0.3, -0.25) is 4.98 Å². The highest BCUT2D eigenvalue weighted by Crippen LogP contribution is 2.15. The molecule has 1 aliphatic heterocycles. The predicted molar refractivity (Wildman–Crippen MR) is 57.8 cm³/mol. The lowest BCUT2D eigenvalue weighted by Crippen LogP contribution is -2.37. The Morgan fingerprint density at radius 1 is 1.50 bits per heavy atom. The molecule has 14 heavy (non-hydrogen) atoms. The molecule has 74 valence electrons. The highest BCUT2D eigenvalue weighted by Gasteiger charge is 2.10. The van der Waals surface area contributed by atoms with Crippen LogP contribution in [0.3, 0.4) is 0 Å². The zero-order valence-electron chi connectivity index (χ0n) is 8.33. The van der Waals surface area contributed by atoms with Crippen LogP contribution < -0.4 is 11.1 Å². The zero-order valence-corrected chi connectivity index (χ0v) is 8.33. The summed E-state index contributed by atoms with van der Waals surface area (Å²) in [6.07, 6.45) is 4.02. The van der Waals surface area contributed by atoms with Crippen molar-refractivity contribution in [1.82, 2.24) is 10.3 Å². The monoisotopic (exact) mass is 189 g/mol. The number of nitrogens with two attached hydrogens (primary N) is 1. The SMILES string of the molecule is Cc1ccc(C2=CC(N)CNC2)cn1. The van der Waals surface area contributed by atoms with E-state index >= 15 is 0 Å². The van der Waals surface area contributed by atoms with Crippen LogP contribution in [0.1, 0.15) is 11.3 Å². The highest BCUT2D eigenvalue weighted by molar-refractivity contribution is 5.67. The molecule has 0 radical (unpaired) electrons. The normalized spacial score (nSPS) is 21.9. The van der Waals surface area contributed by atoms with E-state index in [-0.39, 0.29) is 6.04 Å². The average Bonchev–Trinajstić information content (AvgIpc) is 2.19. The fraction of sp³-hybridized carbons (Fsp3) is 0.364. The second kappa shape index (κ2) is 3.90. The third-order valence-corrected chi connectivity index (χ3v) is 2.39. The number of hydrogen-bond donors (Lipinski definition) is 2. The first-order valence-corrected chi connectivity index (χ1v) is 4.86. The van der Waals surface area contributed by atoms with E-state index in [1.165, 1.54) is 11.1 Å². The lowest BCUT2D eigenvalue weighted by molar-refractivity contribution is 0.663. The third-order valence-electron chi connectivity index (χ3n) is 2.39. The van der Waals surface area contributed by atoms with Gasteiger partial charge in [-0.2, -0.15) is 0 Å². The van der Waals surface area contributed by atoms with Crippen molar-refractivity contribution in [2.75, 3.05) is 13.1 Å². The van der Waals surface area contributed by atoms with Crippen LogP contribution in [0.4, 0.5) is 0 Å². The molecular formula is C11H15N3. The van der Waals surface area contributed by atoms with Crippen molar-refractivity contribution in [2.24, 2.45) is 5.73 Å². The Kier molecular flexibility index (Phi) is 2.61. The van der Waals surface area contributed by atoms with E-state index in [4.69, 9.17) is 5.73 Å². The largest absolute Gasteiger partial charge is 0.323 e. The Labute approximate surface area is 84.0 Å². The summed E-state index contributed by atoms with van der Waals surface area (Å²) in [5.41, 5.74) is 9.29. The number of rotatable bonds is 1. The Bertz CT molecular complexity index is 340. The van der Waals surface area contributed by atoms with Crippen molar-refractivity contribution >= 4 is 5.57 Å². The summed E-state index contributed by atoms with van der Waals surface area (Å²) in [4.78, 5) is 4.27. The molecular weight excluding hydrogens is 174 g/mol. The van der Waals surface area contributed by atoms with E-state index in [0.29, 0.717) is 0 Å². The Hall–Kier alpha value is -1.19. The van der Waals surface area contributed by atoms with E-state index in [1.807, 2.05) is 19.2 Å². The molecule has 1 atom stereocenters. The van der Waals surface area contributed by atoms with Crippen molar-refractivity contribution in [3.8, 4) is 0 Å². The van der Waals surface area contributed by atoms with Crippen molar-refractivity contribution in [3.05, 3.63) is 35.7 Å². The highest BCUT2D eigenvalue weighted by atomic mass is 14.9. The zero-order chi connectivity index (χ0) is 9.97.